The fraction of sp³-hybridized carbons (Fsp3) is 0.722. The van der Waals surface area contributed by atoms with Crippen LogP contribution in [0.3, 0.4) is 0 Å². The largest absolute Gasteiger partial charge is 0.478 e. The summed E-state index contributed by atoms with van der Waals surface area (Å²) in [6, 6.07) is 0.194. The van der Waals surface area contributed by atoms with Crippen LogP contribution in [0, 0.1) is 5.92 Å². The summed E-state index contributed by atoms with van der Waals surface area (Å²) in [7, 11) is 0. The lowest BCUT2D eigenvalue weighted by molar-refractivity contribution is -0.133. The van der Waals surface area contributed by atoms with Crippen LogP contribution in [-0.2, 0) is 4.79 Å². The number of hydrogen-bond acceptors (Lipinski definition) is 3. The minimum absolute atomic E-state index is 0.194. The highest BCUT2D eigenvalue weighted by atomic mass is 16.4. The number of carbonyl (C=O) groups is 2. The fourth-order valence-electron chi connectivity index (χ4n) is 3.97. The maximum Gasteiger partial charge on any atom is 0.338 e. The average Bonchev–Trinajstić information content (AvgIpc) is 2.95. The van der Waals surface area contributed by atoms with Crippen molar-refractivity contribution in [1.29, 1.82) is 0 Å². The van der Waals surface area contributed by atoms with Crippen LogP contribution < -0.4 is 0 Å². The number of aromatic nitrogens is 2. The second-order valence-electron chi connectivity index (χ2n) is 7.19. The molecular weight excluding hydrogens is 306 g/mol. The molecule has 2 aliphatic rings. The minimum atomic E-state index is -0.947. The van der Waals surface area contributed by atoms with E-state index in [0.29, 0.717) is 18.2 Å². The molecule has 0 atom stereocenters. The lowest BCUT2D eigenvalue weighted by Gasteiger charge is -2.33. The number of hydrogen-bond donors (Lipinski definition) is 1. The molecule has 0 bridgehead atoms. The Kier molecular flexibility index (Phi) is 5.53. The molecular formula is C18H27N3O3. The second kappa shape index (κ2) is 7.81. The Labute approximate surface area is 142 Å². The summed E-state index contributed by atoms with van der Waals surface area (Å²) in [6.07, 6.45) is 13.0. The standard InChI is InChI=1S/C18H27N3O3/c22-17(11-14-5-3-1-2-4-6-14)20-9-7-16(8-10-20)21-13-15(12-19-21)18(23)24/h12-14,16H,1-11H2,(H,23,24). The molecule has 1 aliphatic heterocycles. The minimum Gasteiger partial charge on any atom is -0.478 e. The maximum absolute atomic E-state index is 12.5. The van der Waals surface area contributed by atoms with E-state index in [2.05, 4.69) is 5.10 Å². The van der Waals surface area contributed by atoms with Crippen molar-refractivity contribution in [2.45, 2.75) is 63.8 Å². The molecule has 0 spiro atoms. The van der Waals surface area contributed by atoms with E-state index in [1.165, 1.54) is 44.7 Å². The number of amides is 1. The van der Waals surface area contributed by atoms with Gasteiger partial charge in [-0.05, 0) is 31.6 Å². The van der Waals surface area contributed by atoms with Crippen molar-refractivity contribution in [1.82, 2.24) is 14.7 Å². The molecule has 0 aromatic carbocycles. The van der Waals surface area contributed by atoms with Crippen LogP contribution in [0.4, 0.5) is 0 Å². The van der Waals surface area contributed by atoms with Gasteiger partial charge in [0.15, 0.2) is 0 Å². The normalized spacial score (nSPS) is 20.8. The van der Waals surface area contributed by atoms with E-state index < -0.39 is 5.97 Å². The van der Waals surface area contributed by atoms with Crippen molar-refractivity contribution in [2.24, 2.45) is 5.92 Å². The summed E-state index contributed by atoms with van der Waals surface area (Å²) >= 11 is 0. The van der Waals surface area contributed by atoms with E-state index in [1.807, 2.05) is 4.90 Å². The van der Waals surface area contributed by atoms with Gasteiger partial charge in [0, 0.05) is 25.7 Å². The van der Waals surface area contributed by atoms with Gasteiger partial charge in [-0.2, -0.15) is 5.10 Å². The van der Waals surface area contributed by atoms with Crippen molar-refractivity contribution in [3.05, 3.63) is 18.0 Å². The maximum atomic E-state index is 12.5. The van der Waals surface area contributed by atoms with Crippen LogP contribution in [-0.4, -0.2) is 44.8 Å². The van der Waals surface area contributed by atoms with Crippen LogP contribution in [0.25, 0.3) is 0 Å². The Hall–Kier alpha value is -1.85. The molecule has 6 heteroatoms. The molecule has 2 fully saturated rings. The van der Waals surface area contributed by atoms with E-state index in [0.717, 1.165) is 25.9 Å². The van der Waals surface area contributed by atoms with Crippen LogP contribution in [0.5, 0.6) is 0 Å². The van der Waals surface area contributed by atoms with Gasteiger partial charge in [0.25, 0.3) is 0 Å². The fourth-order valence-corrected chi connectivity index (χ4v) is 3.97. The highest BCUT2D eigenvalue weighted by Crippen LogP contribution is 2.28. The summed E-state index contributed by atoms with van der Waals surface area (Å²) in [5, 5.41) is 13.1. The van der Waals surface area contributed by atoms with Gasteiger partial charge in [0.2, 0.25) is 5.91 Å². The monoisotopic (exact) mass is 333 g/mol. The summed E-state index contributed by atoms with van der Waals surface area (Å²) in [4.78, 5) is 25.5. The Morgan fingerprint density at radius 1 is 1.08 bits per heavy atom. The van der Waals surface area contributed by atoms with Gasteiger partial charge in [-0.3, -0.25) is 9.48 Å². The molecule has 1 aromatic heterocycles. The van der Waals surface area contributed by atoms with Gasteiger partial charge in [0.1, 0.15) is 0 Å². The summed E-state index contributed by atoms with van der Waals surface area (Å²) in [5.74, 6) is -0.0775. The Morgan fingerprint density at radius 2 is 1.75 bits per heavy atom. The van der Waals surface area contributed by atoms with Gasteiger partial charge < -0.3 is 10.0 Å². The van der Waals surface area contributed by atoms with Gasteiger partial charge in [-0.15, -0.1) is 0 Å². The molecule has 1 N–H and O–H groups in total. The molecule has 3 rings (SSSR count). The molecule has 1 saturated carbocycles. The summed E-state index contributed by atoms with van der Waals surface area (Å²) < 4.78 is 1.75. The van der Waals surface area contributed by atoms with Gasteiger partial charge in [0.05, 0.1) is 17.8 Å². The first-order chi connectivity index (χ1) is 11.6. The number of carbonyl (C=O) groups excluding carboxylic acids is 1. The van der Waals surface area contributed by atoms with Crippen LogP contribution in [0.1, 0.15) is 74.2 Å². The molecule has 1 aromatic rings. The predicted octanol–water partition coefficient (Wildman–Crippen LogP) is 3.11. The molecule has 132 valence electrons. The summed E-state index contributed by atoms with van der Waals surface area (Å²) in [5.41, 5.74) is 0.224. The van der Waals surface area contributed by atoms with Crippen LogP contribution in [0.2, 0.25) is 0 Å². The van der Waals surface area contributed by atoms with E-state index in [-0.39, 0.29) is 11.6 Å². The predicted molar refractivity (Wildman–Crippen MR) is 89.8 cm³/mol. The van der Waals surface area contributed by atoms with E-state index in [1.54, 1.807) is 10.9 Å². The Morgan fingerprint density at radius 3 is 2.33 bits per heavy atom. The van der Waals surface area contributed by atoms with Gasteiger partial charge in [-0.25, -0.2) is 4.79 Å². The van der Waals surface area contributed by atoms with Gasteiger partial charge >= 0.3 is 5.97 Å². The number of aromatic carboxylic acids is 1. The zero-order valence-electron chi connectivity index (χ0n) is 14.2. The smallest absolute Gasteiger partial charge is 0.338 e. The van der Waals surface area contributed by atoms with Crippen molar-refractivity contribution in [3.63, 3.8) is 0 Å². The van der Waals surface area contributed by atoms with E-state index in [9.17, 15) is 9.59 Å². The van der Waals surface area contributed by atoms with Crippen molar-refractivity contribution < 1.29 is 14.7 Å². The average molecular weight is 333 g/mol. The number of rotatable bonds is 4. The van der Waals surface area contributed by atoms with E-state index in [4.69, 9.17) is 5.11 Å². The second-order valence-corrected chi connectivity index (χ2v) is 7.19. The topological polar surface area (TPSA) is 75.4 Å². The lowest BCUT2D eigenvalue weighted by atomic mass is 9.95. The Bertz CT molecular complexity index is 568. The molecule has 6 nitrogen and oxygen atoms in total. The number of carboxylic acid groups (broad SMARTS) is 1. The van der Waals surface area contributed by atoms with Crippen molar-refractivity contribution >= 4 is 11.9 Å². The first kappa shape index (κ1) is 17.0. The van der Waals surface area contributed by atoms with Crippen LogP contribution >= 0.6 is 0 Å². The summed E-state index contributed by atoms with van der Waals surface area (Å²) in [6.45, 7) is 1.50. The highest BCUT2D eigenvalue weighted by Gasteiger charge is 2.26. The van der Waals surface area contributed by atoms with Gasteiger partial charge in [-0.1, -0.05) is 25.7 Å². The molecule has 1 amide bonds. The lowest BCUT2D eigenvalue weighted by Crippen LogP contribution is -2.39. The third-order valence-electron chi connectivity index (χ3n) is 5.48. The first-order valence-electron chi connectivity index (χ1n) is 9.18. The van der Waals surface area contributed by atoms with Crippen LogP contribution in [0.15, 0.2) is 12.4 Å². The molecule has 1 saturated heterocycles. The number of piperidine rings is 1. The molecule has 2 heterocycles. The SMILES string of the molecule is O=C(O)c1cnn(C2CCN(C(=O)CC3CCCCCC3)CC2)c1. The molecule has 1 aliphatic carbocycles. The molecule has 24 heavy (non-hydrogen) atoms. The Balaban J connectivity index is 1.48. The van der Waals surface area contributed by atoms with E-state index >= 15 is 0 Å². The number of likely N-dealkylation sites (tertiary alicyclic amines) is 1. The zero-order valence-corrected chi connectivity index (χ0v) is 14.2. The third kappa shape index (κ3) is 4.16. The number of nitrogens with zero attached hydrogens (tertiary/aromatic N) is 3. The third-order valence-corrected chi connectivity index (χ3v) is 5.48. The highest BCUT2D eigenvalue weighted by molar-refractivity contribution is 5.86. The quantitative estimate of drug-likeness (QED) is 0.859. The first-order valence-corrected chi connectivity index (χ1v) is 9.18. The van der Waals surface area contributed by atoms with Crippen molar-refractivity contribution in [2.75, 3.05) is 13.1 Å². The molecule has 0 radical (unpaired) electrons. The number of carboxylic acids is 1. The zero-order chi connectivity index (χ0) is 16.9. The molecule has 0 unspecified atom stereocenters. The van der Waals surface area contributed by atoms with Crippen molar-refractivity contribution in [3.8, 4) is 0 Å².